The van der Waals surface area contributed by atoms with Gasteiger partial charge in [-0.3, -0.25) is 4.57 Å². The van der Waals surface area contributed by atoms with Crippen molar-refractivity contribution in [2.24, 2.45) is 0 Å². The Labute approximate surface area is 73.8 Å². The molecule has 0 N–H and O–H groups in total. The van der Waals surface area contributed by atoms with Crippen molar-refractivity contribution in [1.82, 2.24) is 9.55 Å². The second-order valence-electron chi connectivity index (χ2n) is 2.85. The van der Waals surface area contributed by atoms with Crippen molar-refractivity contribution in [3.63, 3.8) is 0 Å². The highest BCUT2D eigenvalue weighted by Gasteiger charge is 2.13. The van der Waals surface area contributed by atoms with Gasteiger partial charge in [-0.25, -0.2) is 4.98 Å². The third kappa shape index (κ3) is 1.18. The highest BCUT2D eigenvalue weighted by Crippen LogP contribution is 2.23. The number of alkyl halides is 2. The van der Waals surface area contributed by atoms with E-state index in [1.54, 1.807) is 25.1 Å². The van der Waals surface area contributed by atoms with Gasteiger partial charge in [0.25, 0.3) is 0 Å². The van der Waals surface area contributed by atoms with Gasteiger partial charge >= 0.3 is 6.55 Å². The Kier molecular flexibility index (Phi) is 1.76. The van der Waals surface area contributed by atoms with Crippen LogP contribution in [0.15, 0.2) is 24.4 Å². The van der Waals surface area contributed by atoms with Gasteiger partial charge in [-0.2, -0.15) is 8.78 Å². The molecule has 0 bridgehead atoms. The minimum Gasteiger partial charge on any atom is -0.273 e. The molecule has 0 fully saturated rings. The molecule has 2 nitrogen and oxygen atoms in total. The standard InChI is InChI=1S/C9H8F2N2/c1-6-5-7-3-2-4-12-8(7)13(6)9(10)11/h2-5,9H,1H3. The first kappa shape index (κ1) is 8.16. The Bertz CT molecular complexity index is 434. The molecule has 4 heteroatoms. The van der Waals surface area contributed by atoms with E-state index in [1.165, 1.54) is 6.20 Å². The maximum atomic E-state index is 12.5. The van der Waals surface area contributed by atoms with Gasteiger partial charge in [0.2, 0.25) is 0 Å². The predicted octanol–water partition coefficient (Wildman–Crippen LogP) is 2.74. The molecule has 2 aromatic rings. The maximum Gasteiger partial charge on any atom is 0.320 e. The molecule has 0 amide bonds. The van der Waals surface area contributed by atoms with Crippen molar-refractivity contribution in [3.8, 4) is 0 Å². The summed E-state index contributed by atoms with van der Waals surface area (Å²) in [6.07, 6.45) is 1.51. The number of aryl methyl sites for hydroxylation is 1. The number of rotatable bonds is 1. The third-order valence-electron chi connectivity index (χ3n) is 1.98. The van der Waals surface area contributed by atoms with Crippen molar-refractivity contribution in [2.75, 3.05) is 0 Å². The zero-order valence-electron chi connectivity index (χ0n) is 7.04. The van der Waals surface area contributed by atoms with Crippen LogP contribution in [0.5, 0.6) is 0 Å². The molecule has 0 aromatic carbocycles. The maximum absolute atomic E-state index is 12.5. The molecule has 68 valence electrons. The number of hydrogen-bond acceptors (Lipinski definition) is 1. The van der Waals surface area contributed by atoms with E-state index in [1.807, 2.05) is 0 Å². The Morgan fingerprint density at radius 1 is 1.46 bits per heavy atom. The highest BCUT2D eigenvalue weighted by molar-refractivity contribution is 5.77. The summed E-state index contributed by atoms with van der Waals surface area (Å²) in [7, 11) is 0. The lowest BCUT2D eigenvalue weighted by molar-refractivity contribution is 0.0727. The first-order valence-electron chi connectivity index (χ1n) is 3.91. The van der Waals surface area contributed by atoms with Crippen LogP contribution in [0.25, 0.3) is 11.0 Å². The van der Waals surface area contributed by atoms with Crippen LogP contribution >= 0.6 is 0 Å². The fourth-order valence-electron chi connectivity index (χ4n) is 1.43. The van der Waals surface area contributed by atoms with E-state index < -0.39 is 6.55 Å². The zero-order valence-corrected chi connectivity index (χ0v) is 7.04. The van der Waals surface area contributed by atoms with Crippen LogP contribution in [0.1, 0.15) is 12.2 Å². The van der Waals surface area contributed by atoms with Gasteiger partial charge in [-0.1, -0.05) is 0 Å². The first-order chi connectivity index (χ1) is 6.20. The number of nitrogens with zero attached hydrogens (tertiary/aromatic N) is 2. The van der Waals surface area contributed by atoms with Gasteiger partial charge in [0.15, 0.2) is 0 Å². The SMILES string of the molecule is Cc1cc2cccnc2n1C(F)F. The van der Waals surface area contributed by atoms with Crippen LogP contribution in [0, 0.1) is 6.92 Å². The fraction of sp³-hybridized carbons (Fsp3) is 0.222. The van der Waals surface area contributed by atoms with Gasteiger partial charge in [-0.05, 0) is 25.1 Å². The van der Waals surface area contributed by atoms with Gasteiger partial charge < -0.3 is 0 Å². The minimum absolute atomic E-state index is 0.343. The van der Waals surface area contributed by atoms with Crippen molar-refractivity contribution in [1.29, 1.82) is 0 Å². The lowest BCUT2D eigenvalue weighted by atomic mass is 10.3. The monoisotopic (exact) mass is 182 g/mol. The van der Waals surface area contributed by atoms with E-state index in [-0.39, 0.29) is 0 Å². The van der Waals surface area contributed by atoms with Gasteiger partial charge in [0, 0.05) is 17.3 Å². The predicted molar refractivity (Wildman–Crippen MR) is 45.7 cm³/mol. The zero-order chi connectivity index (χ0) is 9.42. The first-order valence-corrected chi connectivity index (χ1v) is 3.91. The van der Waals surface area contributed by atoms with Crippen molar-refractivity contribution < 1.29 is 8.78 Å². The largest absolute Gasteiger partial charge is 0.320 e. The number of fused-ring (bicyclic) bond motifs is 1. The topological polar surface area (TPSA) is 17.8 Å². The summed E-state index contributed by atoms with van der Waals surface area (Å²) < 4.78 is 26.0. The average Bonchev–Trinajstić information content (AvgIpc) is 2.39. The van der Waals surface area contributed by atoms with Crippen LogP contribution in [-0.2, 0) is 0 Å². The van der Waals surface area contributed by atoms with Crippen LogP contribution in [0.2, 0.25) is 0 Å². The molecule has 0 aliphatic carbocycles. The molecule has 0 unspecified atom stereocenters. The fourth-order valence-corrected chi connectivity index (χ4v) is 1.43. The van der Waals surface area contributed by atoms with E-state index in [9.17, 15) is 8.78 Å². The Balaban J connectivity index is 2.78. The van der Waals surface area contributed by atoms with Gasteiger partial charge in [0.05, 0.1) is 0 Å². The molecule has 2 rings (SSSR count). The molecule has 0 atom stereocenters. The molecule has 0 saturated carbocycles. The van der Waals surface area contributed by atoms with Gasteiger partial charge in [0.1, 0.15) is 5.65 Å². The molecule has 0 saturated heterocycles. The lowest BCUT2D eigenvalue weighted by Crippen LogP contribution is -2.00. The smallest absolute Gasteiger partial charge is 0.273 e. The highest BCUT2D eigenvalue weighted by atomic mass is 19.3. The van der Waals surface area contributed by atoms with Crippen LogP contribution in [0.3, 0.4) is 0 Å². The van der Waals surface area contributed by atoms with Crippen LogP contribution in [-0.4, -0.2) is 9.55 Å². The van der Waals surface area contributed by atoms with Crippen molar-refractivity contribution in [3.05, 3.63) is 30.1 Å². The van der Waals surface area contributed by atoms with E-state index in [0.29, 0.717) is 11.3 Å². The lowest BCUT2D eigenvalue weighted by Gasteiger charge is -2.04. The Morgan fingerprint density at radius 2 is 2.23 bits per heavy atom. The summed E-state index contributed by atoms with van der Waals surface area (Å²) >= 11 is 0. The molecule has 2 heterocycles. The average molecular weight is 182 g/mol. The molecular weight excluding hydrogens is 174 g/mol. The van der Waals surface area contributed by atoms with Crippen molar-refractivity contribution in [2.45, 2.75) is 13.5 Å². The number of hydrogen-bond donors (Lipinski definition) is 0. The van der Waals surface area contributed by atoms with Gasteiger partial charge in [-0.15, -0.1) is 0 Å². The minimum atomic E-state index is -2.52. The Hall–Kier alpha value is -1.45. The summed E-state index contributed by atoms with van der Waals surface area (Å²) in [4.78, 5) is 3.91. The third-order valence-corrected chi connectivity index (χ3v) is 1.98. The van der Waals surface area contributed by atoms with Crippen molar-refractivity contribution >= 4 is 11.0 Å². The van der Waals surface area contributed by atoms with E-state index >= 15 is 0 Å². The van der Waals surface area contributed by atoms with Crippen LogP contribution in [0.4, 0.5) is 8.78 Å². The Morgan fingerprint density at radius 3 is 2.92 bits per heavy atom. The molecule has 0 aliphatic heterocycles. The molecule has 13 heavy (non-hydrogen) atoms. The molecule has 0 spiro atoms. The van der Waals surface area contributed by atoms with Crippen LogP contribution < -0.4 is 0 Å². The molecule has 0 aliphatic rings. The van der Waals surface area contributed by atoms with E-state index in [4.69, 9.17) is 0 Å². The second kappa shape index (κ2) is 2.80. The second-order valence-corrected chi connectivity index (χ2v) is 2.85. The summed E-state index contributed by atoms with van der Waals surface area (Å²) in [5.74, 6) is 0. The molecular formula is C9H8F2N2. The summed E-state index contributed by atoms with van der Waals surface area (Å²) in [6.45, 7) is -0.874. The number of aromatic nitrogens is 2. The number of pyridine rings is 1. The van der Waals surface area contributed by atoms with E-state index in [0.717, 1.165) is 9.95 Å². The normalized spacial score (nSPS) is 11.4. The summed E-state index contributed by atoms with van der Waals surface area (Å²) in [6, 6.07) is 5.21. The van der Waals surface area contributed by atoms with E-state index in [2.05, 4.69) is 4.98 Å². The molecule has 0 radical (unpaired) electrons. The molecule has 2 aromatic heterocycles. The number of halogens is 2. The quantitative estimate of drug-likeness (QED) is 0.663. The summed E-state index contributed by atoms with van der Waals surface area (Å²) in [5, 5.41) is 0.750. The summed E-state index contributed by atoms with van der Waals surface area (Å²) in [5.41, 5.74) is 0.874.